The molecule has 0 spiro atoms. The number of hydrogen-bond donors (Lipinski definition) is 1. The van der Waals surface area contributed by atoms with E-state index in [4.69, 9.17) is 27.9 Å². The van der Waals surface area contributed by atoms with Gasteiger partial charge in [0.05, 0.1) is 15.6 Å². The van der Waals surface area contributed by atoms with E-state index in [1.54, 1.807) is 4.98 Å². The van der Waals surface area contributed by atoms with E-state index in [2.05, 4.69) is 0 Å². The van der Waals surface area contributed by atoms with Gasteiger partial charge in [-0.3, -0.25) is 9.59 Å². The zero-order valence-corrected chi connectivity index (χ0v) is 14.6. The van der Waals surface area contributed by atoms with Crippen LogP contribution in [0.25, 0.3) is 5.69 Å². The number of carbonyl (C=O) groups excluding carboxylic acids is 1. The Hall–Kier alpha value is -2.26. The van der Waals surface area contributed by atoms with Crippen LogP contribution in [-0.4, -0.2) is 20.9 Å². The number of nitrogens with one attached hydrogen (secondary N) is 1. The van der Waals surface area contributed by atoms with Gasteiger partial charge in [-0.1, -0.05) is 23.2 Å². The molecule has 26 heavy (non-hydrogen) atoms. The fourth-order valence-electron chi connectivity index (χ4n) is 2.57. The molecule has 138 valence electrons. The van der Waals surface area contributed by atoms with Gasteiger partial charge in [-0.05, 0) is 19.9 Å². The second-order valence-electron chi connectivity index (χ2n) is 5.99. The number of ketones is 1. The topological polar surface area (TPSA) is 81.2 Å². The minimum absolute atomic E-state index is 0.0688. The summed E-state index contributed by atoms with van der Waals surface area (Å²) in [5, 5.41) is -0.313. The fourth-order valence-corrected chi connectivity index (χ4v) is 3.18. The molecule has 2 aromatic rings. The van der Waals surface area contributed by atoms with Crippen LogP contribution in [0.1, 0.15) is 29.9 Å². The van der Waals surface area contributed by atoms with Crippen molar-refractivity contribution in [2.75, 3.05) is 0 Å². The highest BCUT2D eigenvalue weighted by atomic mass is 35.5. The predicted octanol–water partition coefficient (Wildman–Crippen LogP) is 3.21. The highest BCUT2D eigenvalue weighted by Crippen LogP contribution is 2.45. The van der Waals surface area contributed by atoms with Crippen molar-refractivity contribution in [2.45, 2.75) is 25.6 Å². The summed E-state index contributed by atoms with van der Waals surface area (Å²) in [7, 11) is 0. The SMILES string of the molecule is CC1(C)Oc2c(c(Cl)cc(Cl)c2-n2c(=O)cc(C(F)(F)F)[nH]c2=O)C1=O. The molecule has 0 unspecified atom stereocenters. The van der Waals surface area contributed by atoms with Crippen molar-refractivity contribution in [1.82, 2.24) is 9.55 Å². The standard InChI is InChI=1S/C15H9Cl2F3N2O4/c1-14(2)12(24)9-5(16)3-6(17)10(11(9)26-14)22-8(23)4-7(15(18,19)20)21-13(22)25/h3-4H,1-2H3,(H,21,25). The molecule has 2 heterocycles. The van der Waals surface area contributed by atoms with E-state index in [1.807, 2.05) is 0 Å². The van der Waals surface area contributed by atoms with Crippen LogP contribution in [-0.2, 0) is 6.18 Å². The van der Waals surface area contributed by atoms with Crippen LogP contribution in [0.5, 0.6) is 5.75 Å². The van der Waals surface area contributed by atoms with Crippen LogP contribution in [0.15, 0.2) is 21.7 Å². The van der Waals surface area contributed by atoms with Crippen molar-refractivity contribution in [2.24, 2.45) is 0 Å². The number of benzene rings is 1. The lowest BCUT2D eigenvalue weighted by molar-refractivity contribution is -0.141. The first-order valence-electron chi connectivity index (χ1n) is 7.04. The number of carbonyl (C=O) groups is 1. The maximum absolute atomic E-state index is 12.8. The average Bonchev–Trinajstić information content (AvgIpc) is 2.71. The summed E-state index contributed by atoms with van der Waals surface area (Å²) in [5.74, 6) is -0.767. The predicted molar refractivity (Wildman–Crippen MR) is 86.7 cm³/mol. The van der Waals surface area contributed by atoms with Crippen molar-refractivity contribution < 1.29 is 22.7 Å². The Morgan fingerprint density at radius 2 is 1.73 bits per heavy atom. The molecule has 3 rings (SSSR count). The smallest absolute Gasteiger partial charge is 0.431 e. The second-order valence-corrected chi connectivity index (χ2v) is 6.81. The number of fused-ring (bicyclic) bond motifs is 1. The van der Waals surface area contributed by atoms with Gasteiger partial charge in [0.25, 0.3) is 5.56 Å². The number of Topliss-reactive ketones (excluding diaryl/α,β-unsaturated/α-hetero) is 1. The first-order valence-corrected chi connectivity index (χ1v) is 7.80. The van der Waals surface area contributed by atoms with Gasteiger partial charge < -0.3 is 9.72 Å². The molecular formula is C15H9Cl2F3N2O4. The molecule has 0 saturated carbocycles. The maximum atomic E-state index is 12.8. The van der Waals surface area contributed by atoms with Gasteiger partial charge in [0.15, 0.2) is 11.4 Å². The summed E-state index contributed by atoms with van der Waals surface area (Å²) in [5.41, 5.74) is -6.02. The summed E-state index contributed by atoms with van der Waals surface area (Å²) in [4.78, 5) is 38.3. The average molecular weight is 409 g/mol. The van der Waals surface area contributed by atoms with Crippen molar-refractivity contribution >= 4 is 29.0 Å². The normalized spacial score (nSPS) is 15.7. The van der Waals surface area contributed by atoms with Gasteiger partial charge in [0.1, 0.15) is 11.4 Å². The Morgan fingerprint density at radius 1 is 1.12 bits per heavy atom. The summed E-state index contributed by atoms with van der Waals surface area (Å²) >= 11 is 12.1. The highest BCUT2D eigenvalue weighted by Gasteiger charge is 2.44. The monoisotopic (exact) mass is 408 g/mol. The number of alkyl halides is 3. The third-order valence-corrected chi connectivity index (χ3v) is 4.34. The van der Waals surface area contributed by atoms with E-state index >= 15 is 0 Å². The Bertz CT molecular complexity index is 1040. The lowest BCUT2D eigenvalue weighted by Gasteiger charge is -2.17. The first kappa shape index (κ1) is 18.5. The lowest BCUT2D eigenvalue weighted by atomic mass is 9.99. The van der Waals surface area contributed by atoms with Crippen LogP contribution in [0.4, 0.5) is 13.2 Å². The molecule has 0 fully saturated rings. The second kappa shape index (κ2) is 5.62. The van der Waals surface area contributed by atoms with Crippen LogP contribution in [0.2, 0.25) is 10.0 Å². The number of ether oxygens (including phenoxy) is 1. The summed E-state index contributed by atoms with van der Waals surface area (Å²) < 4.78 is 44.1. The molecule has 1 aliphatic rings. The van der Waals surface area contributed by atoms with E-state index in [9.17, 15) is 27.6 Å². The molecule has 1 aromatic heterocycles. The number of rotatable bonds is 1. The maximum Gasteiger partial charge on any atom is 0.431 e. The molecule has 1 aromatic carbocycles. The van der Waals surface area contributed by atoms with Gasteiger partial charge >= 0.3 is 11.9 Å². The number of aromatic amines is 1. The van der Waals surface area contributed by atoms with Crippen molar-refractivity contribution in [3.8, 4) is 11.4 Å². The van der Waals surface area contributed by atoms with E-state index in [-0.39, 0.29) is 33.1 Å². The third-order valence-electron chi connectivity index (χ3n) is 3.75. The fraction of sp³-hybridized carbons (Fsp3) is 0.267. The quantitative estimate of drug-likeness (QED) is 0.785. The van der Waals surface area contributed by atoms with Gasteiger partial charge in [-0.15, -0.1) is 0 Å². The summed E-state index contributed by atoms with van der Waals surface area (Å²) in [6.07, 6.45) is -4.92. The van der Waals surface area contributed by atoms with Gasteiger partial charge in [0, 0.05) is 6.07 Å². The van der Waals surface area contributed by atoms with Crippen LogP contribution < -0.4 is 16.0 Å². The molecule has 1 aliphatic heterocycles. The molecule has 6 nitrogen and oxygen atoms in total. The number of hydrogen-bond acceptors (Lipinski definition) is 4. The number of H-pyrrole nitrogens is 1. The van der Waals surface area contributed by atoms with E-state index in [0.29, 0.717) is 4.57 Å². The molecule has 0 atom stereocenters. The summed E-state index contributed by atoms with van der Waals surface area (Å²) in [6, 6.07) is 1.32. The zero-order chi connectivity index (χ0) is 19.6. The van der Waals surface area contributed by atoms with Crippen molar-refractivity contribution in [1.29, 1.82) is 0 Å². The van der Waals surface area contributed by atoms with Gasteiger partial charge in [0.2, 0.25) is 5.78 Å². The van der Waals surface area contributed by atoms with Gasteiger partial charge in [-0.2, -0.15) is 13.2 Å². The van der Waals surface area contributed by atoms with Crippen molar-refractivity contribution in [3.63, 3.8) is 0 Å². The van der Waals surface area contributed by atoms with Crippen LogP contribution >= 0.6 is 23.2 Å². The number of nitrogens with zero attached hydrogens (tertiary/aromatic N) is 1. The number of aromatic nitrogens is 2. The molecule has 11 heteroatoms. The molecule has 0 bridgehead atoms. The summed E-state index contributed by atoms with van der Waals surface area (Å²) in [6.45, 7) is 2.87. The molecular weight excluding hydrogens is 400 g/mol. The first-order chi connectivity index (χ1) is 11.8. The third kappa shape index (κ3) is 2.71. The zero-order valence-electron chi connectivity index (χ0n) is 13.1. The van der Waals surface area contributed by atoms with Crippen LogP contribution in [0, 0.1) is 0 Å². The Balaban J connectivity index is 2.37. The van der Waals surface area contributed by atoms with Crippen LogP contribution in [0.3, 0.4) is 0 Å². The molecule has 0 radical (unpaired) electrons. The minimum Gasteiger partial charge on any atom is -0.477 e. The van der Waals surface area contributed by atoms with E-state index in [0.717, 1.165) is 6.07 Å². The van der Waals surface area contributed by atoms with Crippen molar-refractivity contribution in [3.05, 3.63) is 54.3 Å². The molecule has 0 aliphatic carbocycles. The molecule has 0 amide bonds. The Labute approximate surface area is 153 Å². The molecule has 1 N–H and O–H groups in total. The highest BCUT2D eigenvalue weighted by molar-refractivity contribution is 6.39. The Kier molecular flexibility index (Phi) is 4.00. The van der Waals surface area contributed by atoms with E-state index < -0.39 is 34.5 Å². The van der Waals surface area contributed by atoms with E-state index in [1.165, 1.54) is 13.8 Å². The minimum atomic E-state index is -4.92. The van der Waals surface area contributed by atoms with Gasteiger partial charge in [-0.25, -0.2) is 9.36 Å². The largest absolute Gasteiger partial charge is 0.477 e. The Morgan fingerprint density at radius 3 is 2.27 bits per heavy atom. The lowest BCUT2D eigenvalue weighted by Crippen LogP contribution is -2.36. The number of halogens is 5. The molecule has 0 saturated heterocycles.